The number of nitrogens with zero attached hydrogens (tertiary/aromatic N) is 2. The van der Waals surface area contributed by atoms with Gasteiger partial charge in [0.2, 0.25) is 0 Å². The molecule has 24 heavy (non-hydrogen) atoms. The Balaban J connectivity index is 1.86. The Morgan fingerprint density at radius 1 is 1.00 bits per heavy atom. The van der Waals surface area contributed by atoms with E-state index in [0.717, 1.165) is 11.3 Å². The molecule has 3 rings (SSSR count). The average molecular weight is 321 g/mol. The first kappa shape index (κ1) is 16.3. The van der Waals surface area contributed by atoms with E-state index in [1.165, 1.54) is 6.07 Å². The van der Waals surface area contributed by atoms with E-state index in [0.29, 0.717) is 12.0 Å². The van der Waals surface area contributed by atoms with Crippen molar-refractivity contribution < 1.29 is 4.39 Å². The smallest absolute Gasteiger partial charge is 0.127 e. The van der Waals surface area contributed by atoms with Crippen molar-refractivity contribution in [3.05, 3.63) is 95.8 Å². The normalized spacial score (nSPS) is 13.4. The van der Waals surface area contributed by atoms with E-state index in [2.05, 4.69) is 27.4 Å². The molecule has 2 aromatic carbocycles. The van der Waals surface area contributed by atoms with Gasteiger partial charge in [0.25, 0.3) is 0 Å². The Kier molecular flexibility index (Phi) is 5.29. The minimum atomic E-state index is -0.197. The van der Waals surface area contributed by atoms with Crippen molar-refractivity contribution in [3.63, 3.8) is 0 Å². The van der Waals surface area contributed by atoms with Gasteiger partial charge in [0.1, 0.15) is 5.82 Å². The van der Waals surface area contributed by atoms with Crippen molar-refractivity contribution in [1.82, 2.24) is 15.3 Å². The molecule has 0 saturated carbocycles. The molecule has 0 amide bonds. The Hall–Kier alpha value is -2.59. The largest absolute Gasteiger partial charge is 0.301 e. The van der Waals surface area contributed by atoms with Crippen LogP contribution in [0.5, 0.6) is 0 Å². The lowest BCUT2D eigenvalue weighted by Crippen LogP contribution is -2.27. The quantitative estimate of drug-likeness (QED) is 0.737. The summed E-state index contributed by atoms with van der Waals surface area (Å²) >= 11 is 0. The molecule has 0 aliphatic carbocycles. The lowest BCUT2D eigenvalue weighted by atomic mass is 9.97. The second kappa shape index (κ2) is 7.79. The van der Waals surface area contributed by atoms with Crippen LogP contribution in [-0.2, 0) is 6.42 Å². The van der Waals surface area contributed by atoms with Crippen molar-refractivity contribution in [2.75, 3.05) is 0 Å². The molecule has 4 heteroatoms. The molecular formula is C20H20FN3. The van der Waals surface area contributed by atoms with Crippen LogP contribution in [0.2, 0.25) is 0 Å². The molecule has 122 valence electrons. The molecular weight excluding hydrogens is 301 g/mol. The molecule has 3 aromatic rings. The molecule has 0 radical (unpaired) electrons. The first-order chi connectivity index (χ1) is 11.7. The molecule has 0 fully saturated rings. The second-order valence-corrected chi connectivity index (χ2v) is 5.78. The second-order valence-electron chi connectivity index (χ2n) is 5.78. The van der Waals surface area contributed by atoms with Gasteiger partial charge in [0.05, 0.1) is 5.69 Å². The molecule has 0 bridgehead atoms. The van der Waals surface area contributed by atoms with Gasteiger partial charge in [-0.25, -0.2) is 4.39 Å². The highest BCUT2D eigenvalue weighted by Gasteiger charge is 2.19. The summed E-state index contributed by atoms with van der Waals surface area (Å²) < 4.78 is 14.3. The number of rotatable bonds is 6. The monoisotopic (exact) mass is 321 g/mol. The van der Waals surface area contributed by atoms with Crippen LogP contribution >= 0.6 is 0 Å². The van der Waals surface area contributed by atoms with Crippen LogP contribution in [0.15, 0.2) is 73.2 Å². The van der Waals surface area contributed by atoms with Gasteiger partial charge in [-0.2, -0.15) is 0 Å². The van der Waals surface area contributed by atoms with E-state index in [4.69, 9.17) is 0 Å². The Morgan fingerprint density at radius 3 is 2.46 bits per heavy atom. The average Bonchev–Trinajstić information content (AvgIpc) is 2.63. The maximum absolute atomic E-state index is 14.3. The summed E-state index contributed by atoms with van der Waals surface area (Å²) in [6.07, 6.45) is 5.75. The zero-order chi connectivity index (χ0) is 16.8. The van der Waals surface area contributed by atoms with Crippen molar-refractivity contribution in [1.29, 1.82) is 0 Å². The first-order valence-electron chi connectivity index (χ1n) is 8.04. The fraction of sp³-hybridized carbons (Fsp3) is 0.200. The topological polar surface area (TPSA) is 37.8 Å². The number of benzene rings is 2. The van der Waals surface area contributed by atoms with Crippen molar-refractivity contribution in [2.24, 2.45) is 0 Å². The minimum absolute atomic E-state index is 0.0352. The first-order valence-corrected chi connectivity index (χ1v) is 8.04. The standard InChI is InChI=1S/C20H20FN3/c1-15(20-14-22-11-12-23-20)24-19(13-16-7-3-2-4-8-16)17-9-5-6-10-18(17)21/h2-12,14-15,19,24H,13H2,1H3/t15-,19-/m1/s1. The van der Waals surface area contributed by atoms with Gasteiger partial charge >= 0.3 is 0 Å². The van der Waals surface area contributed by atoms with Crippen LogP contribution in [0.3, 0.4) is 0 Å². The maximum Gasteiger partial charge on any atom is 0.127 e. The Labute approximate surface area is 141 Å². The van der Waals surface area contributed by atoms with Gasteiger partial charge in [-0.3, -0.25) is 9.97 Å². The fourth-order valence-electron chi connectivity index (χ4n) is 2.79. The van der Waals surface area contributed by atoms with Crippen LogP contribution in [0.1, 0.15) is 35.8 Å². The SMILES string of the molecule is C[C@@H](N[C@H](Cc1ccccc1)c1ccccc1F)c1cnccn1. The highest BCUT2D eigenvalue weighted by Crippen LogP contribution is 2.24. The maximum atomic E-state index is 14.3. The minimum Gasteiger partial charge on any atom is -0.301 e. The summed E-state index contributed by atoms with van der Waals surface area (Å²) in [6, 6.07) is 16.8. The molecule has 0 saturated heterocycles. The van der Waals surface area contributed by atoms with Crippen LogP contribution in [0, 0.1) is 5.82 Å². The molecule has 1 aromatic heterocycles. The number of nitrogens with one attached hydrogen (secondary N) is 1. The predicted octanol–water partition coefficient (Wildman–Crippen LogP) is 4.25. The summed E-state index contributed by atoms with van der Waals surface area (Å²) in [4.78, 5) is 8.45. The van der Waals surface area contributed by atoms with E-state index < -0.39 is 0 Å². The number of hydrogen-bond acceptors (Lipinski definition) is 3. The van der Waals surface area contributed by atoms with E-state index in [-0.39, 0.29) is 17.9 Å². The van der Waals surface area contributed by atoms with Crippen LogP contribution in [-0.4, -0.2) is 9.97 Å². The summed E-state index contributed by atoms with van der Waals surface area (Å²) in [7, 11) is 0. The third-order valence-corrected chi connectivity index (χ3v) is 4.04. The Morgan fingerprint density at radius 2 is 1.75 bits per heavy atom. The van der Waals surface area contributed by atoms with Gasteiger partial charge in [-0.1, -0.05) is 48.5 Å². The molecule has 1 N–H and O–H groups in total. The molecule has 0 aliphatic heterocycles. The summed E-state index contributed by atoms with van der Waals surface area (Å²) in [5, 5.41) is 3.50. The molecule has 1 heterocycles. The van der Waals surface area contributed by atoms with Gasteiger partial charge in [0, 0.05) is 36.2 Å². The van der Waals surface area contributed by atoms with Crippen molar-refractivity contribution in [2.45, 2.75) is 25.4 Å². The third-order valence-electron chi connectivity index (χ3n) is 4.04. The van der Waals surface area contributed by atoms with Gasteiger partial charge in [0.15, 0.2) is 0 Å². The summed E-state index contributed by atoms with van der Waals surface area (Å²) in [5.74, 6) is -0.197. The van der Waals surface area contributed by atoms with Crippen LogP contribution in [0.25, 0.3) is 0 Å². The number of hydrogen-bond donors (Lipinski definition) is 1. The van der Waals surface area contributed by atoms with Crippen LogP contribution < -0.4 is 5.32 Å². The lowest BCUT2D eigenvalue weighted by Gasteiger charge is -2.24. The van der Waals surface area contributed by atoms with Crippen molar-refractivity contribution in [3.8, 4) is 0 Å². The molecule has 3 nitrogen and oxygen atoms in total. The Bertz CT molecular complexity index is 762. The predicted molar refractivity (Wildman–Crippen MR) is 92.9 cm³/mol. The summed E-state index contributed by atoms with van der Waals surface area (Å²) in [6.45, 7) is 2.02. The molecule has 0 spiro atoms. The van der Waals surface area contributed by atoms with E-state index in [9.17, 15) is 4.39 Å². The lowest BCUT2D eigenvalue weighted by molar-refractivity contribution is 0.440. The fourth-order valence-corrected chi connectivity index (χ4v) is 2.79. The molecule has 2 atom stereocenters. The zero-order valence-electron chi connectivity index (χ0n) is 13.6. The molecule has 0 aliphatic rings. The van der Waals surface area contributed by atoms with Crippen LogP contribution in [0.4, 0.5) is 4.39 Å². The summed E-state index contributed by atoms with van der Waals surface area (Å²) in [5.41, 5.74) is 2.66. The highest BCUT2D eigenvalue weighted by atomic mass is 19.1. The number of aromatic nitrogens is 2. The molecule has 0 unspecified atom stereocenters. The van der Waals surface area contributed by atoms with E-state index in [1.54, 1.807) is 24.7 Å². The zero-order valence-corrected chi connectivity index (χ0v) is 13.6. The number of halogens is 1. The van der Waals surface area contributed by atoms with Gasteiger partial charge in [-0.05, 0) is 25.0 Å². The van der Waals surface area contributed by atoms with E-state index in [1.807, 2.05) is 37.3 Å². The van der Waals surface area contributed by atoms with Gasteiger partial charge in [-0.15, -0.1) is 0 Å². The van der Waals surface area contributed by atoms with Gasteiger partial charge < -0.3 is 5.32 Å². The van der Waals surface area contributed by atoms with Crippen molar-refractivity contribution >= 4 is 0 Å². The van der Waals surface area contributed by atoms with E-state index >= 15 is 0 Å². The third kappa shape index (κ3) is 4.03. The highest BCUT2D eigenvalue weighted by molar-refractivity contribution is 5.25.